The zero-order valence-electron chi connectivity index (χ0n) is 12.2. The molecule has 6 heteroatoms. The predicted molar refractivity (Wildman–Crippen MR) is 71.0 cm³/mol. The number of methoxy groups -OCH3 is 1. The highest BCUT2D eigenvalue weighted by molar-refractivity contribution is 5.79. The molecule has 110 valence electrons. The fourth-order valence-corrected chi connectivity index (χ4v) is 2.45. The number of likely N-dealkylation sites (N-methyl/N-ethyl adjacent to an activating group) is 1. The third kappa shape index (κ3) is 3.37. The Hall–Kier alpha value is -1.30. The summed E-state index contributed by atoms with van der Waals surface area (Å²) in [6, 6.07) is -0.115. The smallest absolute Gasteiger partial charge is 0.320 e. The number of aliphatic carboxylic acids is 1. The minimum Gasteiger partial charge on any atom is -0.481 e. The number of amides is 2. The first-order chi connectivity index (χ1) is 8.85. The lowest BCUT2D eigenvalue weighted by Crippen LogP contribution is -2.48. The summed E-state index contributed by atoms with van der Waals surface area (Å²) in [4.78, 5) is 27.0. The highest BCUT2D eigenvalue weighted by atomic mass is 16.5. The maximum Gasteiger partial charge on any atom is 0.320 e. The third-order valence-electron chi connectivity index (χ3n) is 3.79. The summed E-state index contributed by atoms with van der Waals surface area (Å²) in [6.07, 6.45) is 0.504. The van der Waals surface area contributed by atoms with E-state index in [2.05, 4.69) is 0 Å². The predicted octanol–water partition coefficient (Wildman–Crippen LogP) is 1.26. The average Bonchev–Trinajstić information content (AvgIpc) is 2.74. The lowest BCUT2D eigenvalue weighted by Gasteiger charge is -2.32. The van der Waals surface area contributed by atoms with Gasteiger partial charge >= 0.3 is 12.0 Å². The Labute approximate surface area is 114 Å². The minimum absolute atomic E-state index is 0.0146. The molecule has 2 amide bonds. The fourth-order valence-electron chi connectivity index (χ4n) is 2.45. The van der Waals surface area contributed by atoms with Crippen LogP contribution in [0.25, 0.3) is 0 Å². The summed E-state index contributed by atoms with van der Waals surface area (Å²) in [5, 5.41) is 9.19. The van der Waals surface area contributed by atoms with Gasteiger partial charge in [0.25, 0.3) is 0 Å². The molecule has 0 radical (unpaired) electrons. The van der Waals surface area contributed by atoms with Crippen molar-refractivity contribution in [2.24, 2.45) is 5.41 Å². The Morgan fingerprint density at radius 1 is 1.53 bits per heavy atom. The number of nitrogens with zero attached hydrogens (tertiary/aromatic N) is 2. The first-order valence-electron chi connectivity index (χ1n) is 6.63. The van der Waals surface area contributed by atoms with E-state index in [1.54, 1.807) is 23.8 Å². The van der Waals surface area contributed by atoms with Gasteiger partial charge in [0.2, 0.25) is 0 Å². The first-order valence-corrected chi connectivity index (χ1v) is 6.63. The van der Waals surface area contributed by atoms with Crippen molar-refractivity contribution in [3.05, 3.63) is 0 Å². The van der Waals surface area contributed by atoms with Crippen LogP contribution in [0.15, 0.2) is 0 Å². The van der Waals surface area contributed by atoms with Gasteiger partial charge in [0.15, 0.2) is 0 Å². The third-order valence-corrected chi connectivity index (χ3v) is 3.79. The number of urea groups is 1. The number of carbonyl (C=O) groups is 2. The van der Waals surface area contributed by atoms with Crippen LogP contribution >= 0.6 is 0 Å². The van der Waals surface area contributed by atoms with Crippen molar-refractivity contribution >= 4 is 12.0 Å². The molecular weight excluding hydrogens is 248 g/mol. The van der Waals surface area contributed by atoms with Crippen molar-refractivity contribution in [2.45, 2.75) is 33.2 Å². The van der Waals surface area contributed by atoms with Crippen LogP contribution in [0.4, 0.5) is 4.79 Å². The number of carboxylic acids is 1. The molecule has 2 atom stereocenters. The van der Waals surface area contributed by atoms with Crippen molar-refractivity contribution in [3.8, 4) is 0 Å². The molecule has 0 spiro atoms. The molecule has 0 aliphatic carbocycles. The van der Waals surface area contributed by atoms with Gasteiger partial charge in [-0.25, -0.2) is 4.79 Å². The van der Waals surface area contributed by atoms with Crippen LogP contribution in [0, 0.1) is 5.41 Å². The average molecular weight is 272 g/mol. The maximum atomic E-state index is 12.4. The molecule has 1 aliphatic heterocycles. The van der Waals surface area contributed by atoms with Crippen LogP contribution in [0.2, 0.25) is 0 Å². The normalized spacial score (nSPS) is 24.3. The zero-order valence-corrected chi connectivity index (χ0v) is 12.2. The SMILES string of the molecule is CCN(C(=O)N1CCC(C)(C(=O)O)C1)C(C)COC. The van der Waals surface area contributed by atoms with Crippen LogP contribution in [-0.2, 0) is 9.53 Å². The fraction of sp³-hybridized carbons (Fsp3) is 0.846. The lowest BCUT2D eigenvalue weighted by molar-refractivity contribution is -0.147. The van der Waals surface area contributed by atoms with Crippen molar-refractivity contribution in [1.82, 2.24) is 9.80 Å². The van der Waals surface area contributed by atoms with E-state index in [-0.39, 0.29) is 18.6 Å². The molecule has 1 N–H and O–H groups in total. The molecule has 0 aromatic carbocycles. The summed E-state index contributed by atoms with van der Waals surface area (Å²) in [5.74, 6) is -0.837. The van der Waals surface area contributed by atoms with Gasteiger partial charge in [0.1, 0.15) is 0 Å². The molecule has 1 rings (SSSR count). The summed E-state index contributed by atoms with van der Waals surface area (Å²) >= 11 is 0. The Bertz CT molecular complexity index is 348. The number of ether oxygens (including phenoxy) is 1. The van der Waals surface area contributed by atoms with Crippen molar-refractivity contribution < 1.29 is 19.4 Å². The molecule has 19 heavy (non-hydrogen) atoms. The highest BCUT2D eigenvalue weighted by Gasteiger charge is 2.43. The maximum absolute atomic E-state index is 12.4. The van der Waals surface area contributed by atoms with Crippen LogP contribution in [-0.4, -0.2) is 66.3 Å². The molecule has 1 saturated heterocycles. The second kappa shape index (κ2) is 6.23. The Balaban J connectivity index is 2.70. The van der Waals surface area contributed by atoms with E-state index in [1.165, 1.54) is 0 Å². The Morgan fingerprint density at radius 2 is 2.16 bits per heavy atom. The van der Waals surface area contributed by atoms with Crippen molar-refractivity contribution in [3.63, 3.8) is 0 Å². The summed E-state index contributed by atoms with van der Waals surface area (Å²) in [7, 11) is 1.60. The van der Waals surface area contributed by atoms with Gasteiger partial charge in [-0.2, -0.15) is 0 Å². The standard InChI is InChI=1S/C13H24N2O4/c1-5-15(10(2)8-19-4)12(18)14-7-6-13(3,9-14)11(16)17/h10H,5-9H2,1-4H3,(H,16,17). The quantitative estimate of drug-likeness (QED) is 0.818. The Morgan fingerprint density at radius 3 is 2.58 bits per heavy atom. The van der Waals surface area contributed by atoms with Crippen LogP contribution in [0.1, 0.15) is 27.2 Å². The van der Waals surface area contributed by atoms with Gasteiger partial charge in [-0.3, -0.25) is 4.79 Å². The van der Waals surface area contributed by atoms with Gasteiger partial charge in [-0.05, 0) is 27.2 Å². The largest absolute Gasteiger partial charge is 0.481 e. The van der Waals surface area contributed by atoms with Crippen LogP contribution < -0.4 is 0 Å². The molecule has 2 unspecified atom stereocenters. The molecule has 0 saturated carbocycles. The van der Waals surface area contributed by atoms with Gasteiger partial charge in [0.05, 0.1) is 18.1 Å². The number of hydrogen-bond donors (Lipinski definition) is 1. The van der Waals surface area contributed by atoms with Gasteiger partial charge in [-0.1, -0.05) is 0 Å². The van der Waals surface area contributed by atoms with Gasteiger partial charge in [0, 0.05) is 26.7 Å². The van der Waals surface area contributed by atoms with E-state index < -0.39 is 11.4 Å². The number of carbonyl (C=O) groups excluding carboxylic acids is 1. The number of carboxylic acid groups (broad SMARTS) is 1. The second-order valence-electron chi connectivity index (χ2n) is 5.41. The first kappa shape index (κ1) is 15.8. The van der Waals surface area contributed by atoms with E-state index >= 15 is 0 Å². The summed E-state index contributed by atoms with van der Waals surface area (Å²) < 4.78 is 5.07. The number of rotatable bonds is 5. The van der Waals surface area contributed by atoms with E-state index in [4.69, 9.17) is 4.74 Å². The molecule has 1 fully saturated rings. The summed E-state index contributed by atoms with van der Waals surface area (Å²) in [6.45, 7) is 7.37. The second-order valence-corrected chi connectivity index (χ2v) is 5.41. The van der Waals surface area contributed by atoms with Crippen LogP contribution in [0.3, 0.4) is 0 Å². The molecule has 1 heterocycles. The lowest BCUT2D eigenvalue weighted by atomic mass is 9.90. The van der Waals surface area contributed by atoms with Crippen molar-refractivity contribution in [1.29, 1.82) is 0 Å². The zero-order chi connectivity index (χ0) is 14.6. The topological polar surface area (TPSA) is 70.1 Å². The molecule has 0 aromatic heterocycles. The highest BCUT2D eigenvalue weighted by Crippen LogP contribution is 2.30. The van der Waals surface area contributed by atoms with Crippen molar-refractivity contribution in [2.75, 3.05) is 33.4 Å². The minimum atomic E-state index is -0.837. The molecule has 0 bridgehead atoms. The Kier molecular flexibility index (Phi) is 5.17. The molecular formula is C13H24N2O4. The van der Waals surface area contributed by atoms with Gasteiger partial charge < -0.3 is 19.6 Å². The summed E-state index contributed by atoms with van der Waals surface area (Å²) in [5.41, 5.74) is -0.820. The number of hydrogen-bond acceptors (Lipinski definition) is 3. The monoisotopic (exact) mass is 272 g/mol. The van der Waals surface area contributed by atoms with E-state index in [0.29, 0.717) is 26.1 Å². The van der Waals surface area contributed by atoms with Crippen LogP contribution in [0.5, 0.6) is 0 Å². The molecule has 1 aliphatic rings. The van der Waals surface area contributed by atoms with E-state index in [0.717, 1.165) is 0 Å². The van der Waals surface area contributed by atoms with E-state index in [9.17, 15) is 14.7 Å². The molecule has 0 aromatic rings. The molecule has 6 nitrogen and oxygen atoms in total. The number of likely N-dealkylation sites (tertiary alicyclic amines) is 1. The van der Waals surface area contributed by atoms with Gasteiger partial charge in [-0.15, -0.1) is 0 Å². The van der Waals surface area contributed by atoms with E-state index in [1.807, 2.05) is 13.8 Å².